The summed E-state index contributed by atoms with van der Waals surface area (Å²) in [7, 11) is 2.19. The van der Waals surface area contributed by atoms with Gasteiger partial charge in [0.25, 0.3) is 0 Å². The molecule has 0 radical (unpaired) electrons. The number of phenolic OH excluding ortho intramolecular Hbond substituents is 1. The van der Waals surface area contributed by atoms with Gasteiger partial charge >= 0.3 is 0 Å². The number of phenols is 1. The SMILES string of the molecule is CN1CC[C@]23c4c5ccc(O)c4O[C@H]2[C@@H](O)C=C[C@H]3[C@H]1C5.P. The highest BCUT2D eigenvalue weighted by Crippen LogP contribution is 2.62. The summed E-state index contributed by atoms with van der Waals surface area (Å²) in [6.07, 6.45) is 5.18. The molecule has 5 heteroatoms. The molecule has 0 amide bonds. The number of likely N-dealkylation sites (N-methyl/N-ethyl adjacent to an activating group) is 1. The molecule has 1 aromatic carbocycles. The Morgan fingerprint density at radius 1 is 1.32 bits per heavy atom. The number of hydrogen-bond donors (Lipinski definition) is 2. The molecule has 2 heterocycles. The molecule has 2 aliphatic carbocycles. The highest BCUT2D eigenvalue weighted by molar-refractivity contribution is 6.92. The van der Waals surface area contributed by atoms with Crippen LogP contribution in [0.3, 0.4) is 0 Å². The smallest absolute Gasteiger partial charge is 0.165 e. The van der Waals surface area contributed by atoms with Crippen LogP contribution in [0, 0.1) is 5.92 Å². The second-order valence-corrected chi connectivity index (χ2v) is 6.93. The van der Waals surface area contributed by atoms with Crippen molar-refractivity contribution in [3.05, 3.63) is 35.4 Å². The zero-order valence-corrected chi connectivity index (χ0v) is 14.1. The van der Waals surface area contributed by atoms with Crippen LogP contribution in [0.2, 0.25) is 0 Å². The van der Waals surface area contributed by atoms with Crippen LogP contribution in [-0.2, 0) is 11.8 Å². The van der Waals surface area contributed by atoms with E-state index in [9.17, 15) is 10.2 Å². The molecule has 118 valence electrons. The van der Waals surface area contributed by atoms with Gasteiger partial charge in [-0.1, -0.05) is 18.2 Å². The van der Waals surface area contributed by atoms with Crippen molar-refractivity contribution >= 4 is 9.90 Å². The lowest BCUT2D eigenvalue weighted by Crippen LogP contribution is -2.64. The molecule has 1 fully saturated rings. The summed E-state index contributed by atoms with van der Waals surface area (Å²) >= 11 is 0. The average molecular weight is 319 g/mol. The largest absolute Gasteiger partial charge is 0.504 e. The average Bonchev–Trinajstić information content (AvgIpc) is 2.83. The summed E-state index contributed by atoms with van der Waals surface area (Å²) < 4.78 is 6.09. The van der Waals surface area contributed by atoms with E-state index in [1.165, 1.54) is 11.1 Å². The van der Waals surface area contributed by atoms with E-state index in [-0.39, 0.29) is 27.2 Å². The number of ether oxygens (including phenoxy) is 1. The van der Waals surface area contributed by atoms with Crippen LogP contribution in [0.5, 0.6) is 11.5 Å². The second-order valence-electron chi connectivity index (χ2n) is 6.93. The number of aliphatic hydroxyl groups is 1. The van der Waals surface area contributed by atoms with E-state index < -0.39 is 6.10 Å². The molecule has 1 unspecified atom stereocenters. The number of hydrogen-bond acceptors (Lipinski definition) is 4. The molecule has 4 aliphatic rings. The van der Waals surface area contributed by atoms with Crippen LogP contribution in [0.15, 0.2) is 24.3 Å². The van der Waals surface area contributed by atoms with E-state index in [0.717, 1.165) is 19.4 Å². The van der Waals surface area contributed by atoms with Gasteiger partial charge in [-0.25, -0.2) is 0 Å². The van der Waals surface area contributed by atoms with E-state index in [2.05, 4.69) is 18.0 Å². The van der Waals surface area contributed by atoms with Crippen molar-refractivity contribution in [2.24, 2.45) is 5.92 Å². The predicted octanol–water partition coefficient (Wildman–Crippen LogP) is 1.26. The number of likely N-dealkylation sites (tertiary alicyclic amines) is 1. The summed E-state index contributed by atoms with van der Waals surface area (Å²) in [6, 6.07) is 4.23. The molecular weight excluding hydrogens is 297 g/mol. The molecule has 1 spiro atoms. The van der Waals surface area contributed by atoms with Crippen LogP contribution in [0.1, 0.15) is 17.5 Å². The van der Waals surface area contributed by atoms with Gasteiger partial charge in [-0.2, -0.15) is 9.90 Å². The maximum absolute atomic E-state index is 10.4. The van der Waals surface area contributed by atoms with E-state index in [1.54, 1.807) is 6.07 Å². The Bertz CT molecular complexity index is 676. The molecule has 0 saturated carbocycles. The fourth-order valence-corrected chi connectivity index (χ4v) is 5.24. The minimum absolute atomic E-state index is 0. The van der Waals surface area contributed by atoms with E-state index in [0.29, 0.717) is 17.7 Å². The van der Waals surface area contributed by atoms with Gasteiger partial charge in [0.2, 0.25) is 0 Å². The molecule has 1 aromatic rings. The third-order valence-electron chi connectivity index (χ3n) is 6.15. The monoisotopic (exact) mass is 319 g/mol. The maximum Gasteiger partial charge on any atom is 0.165 e. The Morgan fingerprint density at radius 2 is 2.14 bits per heavy atom. The molecule has 6 atom stereocenters. The van der Waals surface area contributed by atoms with Crippen molar-refractivity contribution in [1.29, 1.82) is 0 Å². The highest BCUT2D eigenvalue weighted by Gasteiger charge is 2.64. The summed E-state index contributed by atoms with van der Waals surface area (Å²) in [6.45, 7) is 1.01. The van der Waals surface area contributed by atoms with Gasteiger partial charge in [-0.15, -0.1) is 0 Å². The molecule has 0 aromatic heterocycles. The van der Waals surface area contributed by atoms with Crippen LogP contribution in [-0.4, -0.2) is 47.0 Å². The number of benzene rings is 1. The van der Waals surface area contributed by atoms with Gasteiger partial charge in [-0.05, 0) is 38.1 Å². The third kappa shape index (κ3) is 1.44. The fraction of sp³-hybridized carbons (Fsp3) is 0.529. The first-order chi connectivity index (χ1) is 10.1. The Kier molecular flexibility index (Phi) is 2.95. The van der Waals surface area contributed by atoms with Crippen molar-refractivity contribution in [3.63, 3.8) is 0 Å². The zero-order chi connectivity index (χ0) is 14.4. The van der Waals surface area contributed by atoms with Gasteiger partial charge < -0.3 is 19.8 Å². The minimum Gasteiger partial charge on any atom is -0.504 e. The summed E-state index contributed by atoms with van der Waals surface area (Å²) in [5.74, 6) is 1.19. The summed E-state index contributed by atoms with van der Waals surface area (Å²) in [5.41, 5.74) is 2.29. The lowest BCUT2D eigenvalue weighted by atomic mass is 9.53. The number of nitrogens with zero attached hydrogens (tertiary/aromatic N) is 1. The summed E-state index contributed by atoms with van der Waals surface area (Å²) in [4.78, 5) is 2.43. The first kappa shape index (κ1) is 14.5. The Morgan fingerprint density at radius 3 is 2.95 bits per heavy atom. The van der Waals surface area contributed by atoms with Gasteiger partial charge in [-0.3, -0.25) is 0 Å². The van der Waals surface area contributed by atoms with Crippen LogP contribution in [0.4, 0.5) is 0 Å². The lowest BCUT2D eigenvalue weighted by molar-refractivity contribution is -0.0453. The van der Waals surface area contributed by atoms with Crippen molar-refractivity contribution in [3.8, 4) is 11.5 Å². The van der Waals surface area contributed by atoms with Gasteiger partial charge in [0.05, 0.1) is 0 Å². The van der Waals surface area contributed by atoms with Crippen LogP contribution in [0.25, 0.3) is 0 Å². The first-order valence-electron chi connectivity index (χ1n) is 7.71. The first-order valence-corrected chi connectivity index (χ1v) is 7.71. The van der Waals surface area contributed by atoms with Crippen LogP contribution < -0.4 is 4.74 Å². The molecule has 2 bridgehead atoms. The van der Waals surface area contributed by atoms with Crippen molar-refractivity contribution in [2.45, 2.75) is 36.5 Å². The Hall–Kier alpha value is -1.09. The van der Waals surface area contributed by atoms with Gasteiger partial charge in [0, 0.05) is 22.9 Å². The maximum atomic E-state index is 10.4. The normalized spacial score (nSPS) is 40.6. The molecule has 2 N–H and O–H groups in total. The third-order valence-corrected chi connectivity index (χ3v) is 6.15. The Balaban J connectivity index is 0.00000125. The molecule has 4 nitrogen and oxygen atoms in total. The number of piperidine rings is 1. The van der Waals surface area contributed by atoms with Crippen molar-refractivity contribution in [1.82, 2.24) is 4.90 Å². The summed E-state index contributed by atoms with van der Waals surface area (Å²) in [5, 5.41) is 20.6. The fourth-order valence-electron chi connectivity index (χ4n) is 5.24. The van der Waals surface area contributed by atoms with Gasteiger partial charge in [0.15, 0.2) is 11.5 Å². The standard InChI is InChI=1S/C17H19NO3.H3P/c1-18-7-6-17-10-3-5-13(20)16(17)21-15-12(19)4-2-9(14(15)17)8-11(10)18;/h2-5,10-11,13,16,19-20H,6-8H2,1H3;1H3/t10-,11+,13-,16-,17-;/m0./s1. The van der Waals surface area contributed by atoms with Crippen molar-refractivity contribution < 1.29 is 14.9 Å². The van der Waals surface area contributed by atoms with E-state index in [4.69, 9.17) is 4.74 Å². The molecule has 5 rings (SSSR count). The number of aromatic hydroxyl groups is 1. The molecule has 1 saturated heterocycles. The lowest BCUT2D eigenvalue weighted by Gasteiger charge is -2.56. The number of rotatable bonds is 0. The van der Waals surface area contributed by atoms with E-state index >= 15 is 0 Å². The predicted molar refractivity (Wildman–Crippen MR) is 88.7 cm³/mol. The molecular formula is C17H22NO3P. The quantitative estimate of drug-likeness (QED) is 0.558. The van der Waals surface area contributed by atoms with E-state index in [1.807, 2.05) is 12.1 Å². The number of aliphatic hydroxyl groups excluding tert-OH is 1. The second kappa shape index (κ2) is 4.47. The van der Waals surface area contributed by atoms with Crippen molar-refractivity contribution in [2.75, 3.05) is 13.6 Å². The van der Waals surface area contributed by atoms with Gasteiger partial charge in [0.1, 0.15) is 12.2 Å². The highest BCUT2D eigenvalue weighted by atomic mass is 31.0. The minimum atomic E-state index is -0.594. The zero-order valence-electron chi connectivity index (χ0n) is 12.7. The Labute approximate surface area is 133 Å². The molecule has 22 heavy (non-hydrogen) atoms. The molecule has 2 aliphatic heterocycles. The van der Waals surface area contributed by atoms with Crippen LogP contribution >= 0.6 is 9.90 Å². The topological polar surface area (TPSA) is 52.9 Å².